The molecule has 3 aromatic rings. The number of nitrogens with zero attached hydrogens (tertiary/aromatic N) is 4. The van der Waals surface area contributed by atoms with E-state index in [1.165, 1.54) is 6.33 Å². The van der Waals surface area contributed by atoms with Gasteiger partial charge in [0.15, 0.2) is 11.5 Å². The molecule has 3 atom stereocenters. The third-order valence-electron chi connectivity index (χ3n) is 4.67. The first kappa shape index (κ1) is 25.6. The summed E-state index contributed by atoms with van der Waals surface area (Å²) in [7, 11) is -3.54. The van der Waals surface area contributed by atoms with Crippen molar-refractivity contribution < 1.29 is 23.4 Å². The van der Waals surface area contributed by atoms with Crippen LogP contribution in [0.15, 0.2) is 43.0 Å². The summed E-state index contributed by atoms with van der Waals surface area (Å²) in [6, 6.07) is 8.35. The van der Waals surface area contributed by atoms with Gasteiger partial charge in [-0.25, -0.2) is 20.0 Å². The molecule has 0 spiro atoms. The molecule has 0 aliphatic rings. The van der Waals surface area contributed by atoms with Crippen molar-refractivity contribution in [3.05, 3.63) is 43.0 Å². The first-order chi connectivity index (χ1) is 16.1. The maximum Gasteiger partial charge on any atom is 0.342 e. The number of hydrogen-bond acceptors (Lipinski definition) is 9. The molecule has 184 valence electrons. The van der Waals surface area contributed by atoms with Gasteiger partial charge in [0.25, 0.3) is 0 Å². The third-order valence-corrected chi connectivity index (χ3v) is 6.49. The molecule has 0 aliphatic carbocycles. The van der Waals surface area contributed by atoms with Crippen molar-refractivity contribution in [2.24, 2.45) is 0 Å². The average Bonchev–Trinajstić information content (AvgIpc) is 3.16. The fourth-order valence-electron chi connectivity index (χ4n) is 3.27. The van der Waals surface area contributed by atoms with Crippen LogP contribution in [0.4, 0.5) is 5.82 Å². The summed E-state index contributed by atoms with van der Waals surface area (Å²) in [6.45, 7) is 7.53. The van der Waals surface area contributed by atoms with Gasteiger partial charge in [-0.3, -0.25) is 9.36 Å². The van der Waals surface area contributed by atoms with Crippen LogP contribution in [0.3, 0.4) is 0 Å². The van der Waals surface area contributed by atoms with E-state index in [9.17, 15) is 9.36 Å². The summed E-state index contributed by atoms with van der Waals surface area (Å²) in [5, 5.41) is 2.95. The van der Waals surface area contributed by atoms with Crippen LogP contribution in [0.2, 0.25) is 0 Å². The summed E-state index contributed by atoms with van der Waals surface area (Å²) < 4.78 is 32.4. The monoisotopic (exact) mass is 490 g/mol. The zero-order chi connectivity index (χ0) is 24.7. The van der Waals surface area contributed by atoms with Crippen molar-refractivity contribution in [2.75, 3.05) is 12.1 Å². The lowest BCUT2D eigenvalue weighted by molar-refractivity contribution is -0.147. The van der Waals surface area contributed by atoms with Gasteiger partial charge >= 0.3 is 13.5 Å². The molecular formula is C22H31N6O5P. The molecular weight excluding hydrogens is 459 g/mol. The number of hydrogen-bond donors (Lipinski definition) is 2. The minimum absolute atomic E-state index is 0.0397. The van der Waals surface area contributed by atoms with E-state index >= 15 is 0 Å². The van der Waals surface area contributed by atoms with Gasteiger partial charge in [0.2, 0.25) is 0 Å². The molecule has 2 heterocycles. The molecule has 3 N–H and O–H groups in total. The van der Waals surface area contributed by atoms with E-state index in [0.717, 1.165) is 0 Å². The lowest BCUT2D eigenvalue weighted by atomic mass is 10.2. The van der Waals surface area contributed by atoms with Gasteiger partial charge in [-0.05, 0) is 39.8 Å². The van der Waals surface area contributed by atoms with Gasteiger partial charge in [0, 0.05) is 6.04 Å². The number of rotatable bonds is 12. The Hall–Kier alpha value is -3.01. The Bertz CT molecular complexity index is 1140. The molecule has 1 aromatic carbocycles. The number of aromatic nitrogens is 4. The van der Waals surface area contributed by atoms with Crippen LogP contribution in [-0.2, 0) is 25.4 Å². The minimum Gasteiger partial charge on any atom is -0.463 e. The molecule has 0 saturated carbocycles. The lowest BCUT2D eigenvalue weighted by Crippen LogP contribution is -2.31. The van der Waals surface area contributed by atoms with Crippen LogP contribution in [0, 0.1) is 0 Å². The average molecular weight is 491 g/mol. The van der Waals surface area contributed by atoms with Gasteiger partial charge in [0.05, 0.1) is 31.5 Å². The second-order valence-corrected chi connectivity index (χ2v) is 10.3. The zero-order valence-corrected chi connectivity index (χ0v) is 20.6. The fraction of sp³-hybridized carbons (Fsp3) is 0.455. The highest BCUT2D eigenvalue weighted by molar-refractivity contribution is 7.57. The van der Waals surface area contributed by atoms with Crippen molar-refractivity contribution in [1.29, 1.82) is 0 Å². The number of anilines is 1. The Morgan fingerprint density at radius 2 is 1.88 bits per heavy atom. The van der Waals surface area contributed by atoms with Crippen LogP contribution in [0.5, 0.6) is 5.75 Å². The second-order valence-electron chi connectivity index (χ2n) is 8.29. The highest BCUT2D eigenvalue weighted by atomic mass is 31.2. The number of carbonyl (C=O) groups is 1. The predicted molar refractivity (Wildman–Crippen MR) is 128 cm³/mol. The first-order valence-corrected chi connectivity index (χ1v) is 12.8. The Morgan fingerprint density at radius 1 is 1.15 bits per heavy atom. The van der Waals surface area contributed by atoms with E-state index in [4.69, 9.17) is 19.7 Å². The molecule has 2 aromatic heterocycles. The van der Waals surface area contributed by atoms with E-state index in [-0.39, 0.29) is 30.9 Å². The lowest BCUT2D eigenvalue weighted by Gasteiger charge is -2.25. The molecule has 0 fully saturated rings. The quantitative estimate of drug-likeness (QED) is 0.286. The molecule has 3 rings (SSSR count). The normalized spacial score (nSPS) is 15.1. The molecule has 0 amide bonds. The Balaban J connectivity index is 1.67. The van der Waals surface area contributed by atoms with Gasteiger partial charge < -0.3 is 24.3 Å². The molecule has 0 bridgehead atoms. The number of para-hydroxylation sites is 1. The number of nitrogens with one attached hydrogen (secondary N) is 1. The van der Waals surface area contributed by atoms with Gasteiger partial charge in [0.1, 0.15) is 23.9 Å². The number of carbonyl (C=O) groups excluding carboxylic acids is 1. The number of fused-ring (bicyclic) bond motifs is 1. The molecule has 11 nitrogen and oxygen atoms in total. The highest BCUT2D eigenvalue weighted by Crippen LogP contribution is 2.44. The molecule has 0 saturated heterocycles. The van der Waals surface area contributed by atoms with Crippen LogP contribution >= 0.6 is 7.52 Å². The van der Waals surface area contributed by atoms with E-state index < -0.39 is 13.6 Å². The molecule has 0 aliphatic heterocycles. The van der Waals surface area contributed by atoms with Gasteiger partial charge in [-0.1, -0.05) is 18.2 Å². The second kappa shape index (κ2) is 11.4. The molecule has 12 heteroatoms. The summed E-state index contributed by atoms with van der Waals surface area (Å²) >= 11 is 0. The Kier molecular flexibility index (Phi) is 8.60. The number of ether oxygens (including phenoxy) is 2. The number of esters is 1. The molecule has 3 unspecified atom stereocenters. The van der Waals surface area contributed by atoms with E-state index in [0.29, 0.717) is 29.3 Å². The summed E-state index contributed by atoms with van der Waals surface area (Å²) in [6.07, 6.45) is 2.23. The van der Waals surface area contributed by atoms with Gasteiger partial charge in [-0.15, -0.1) is 0 Å². The van der Waals surface area contributed by atoms with Crippen molar-refractivity contribution in [2.45, 2.75) is 58.9 Å². The van der Waals surface area contributed by atoms with Crippen molar-refractivity contribution in [1.82, 2.24) is 24.6 Å². The number of benzene rings is 1. The summed E-state index contributed by atoms with van der Waals surface area (Å²) in [5.74, 6) is 0.343. The van der Waals surface area contributed by atoms with E-state index in [1.807, 2.05) is 13.0 Å². The number of nitrogens with two attached hydrogens (primary N) is 1. The number of nitrogen functional groups attached to an aromatic ring is 1. The third kappa shape index (κ3) is 7.24. The number of imidazole rings is 1. The van der Waals surface area contributed by atoms with E-state index in [1.54, 1.807) is 55.9 Å². The smallest absolute Gasteiger partial charge is 0.342 e. The summed E-state index contributed by atoms with van der Waals surface area (Å²) in [4.78, 5) is 24.4. The largest absolute Gasteiger partial charge is 0.463 e. The maximum absolute atomic E-state index is 13.7. The maximum atomic E-state index is 13.7. The van der Waals surface area contributed by atoms with Crippen molar-refractivity contribution in [3.63, 3.8) is 0 Å². The summed E-state index contributed by atoms with van der Waals surface area (Å²) in [5.41, 5.74) is 6.94. The SMILES string of the molecule is CC(CC(=O)OC(C)C)NP(=O)(COC(C)Cn1cnc2c(N)ncnc21)Oc1ccccc1. The topological polar surface area (TPSA) is 143 Å². The standard InChI is InChI=1S/C22H31N6O5P/c1-15(2)32-19(29)10-16(3)27-34(30,33-18-8-6-5-7-9-18)14-31-17(4)11-28-13-26-20-21(23)24-12-25-22(20)28/h5-9,12-13,15-17H,10-11,14H2,1-4H3,(H,27,30)(H2,23,24,25). The van der Waals surface area contributed by atoms with Crippen LogP contribution in [-0.4, -0.2) is 50.1 Å². The predicted octanol–water partition coefficient (Wildman–Crippen LogP) is 3.36. The minimum atomic E-state index is -3.54. The van der Waals surface area contributed by atoms with Gasteiger partial charge in [-0.2, -0.15) is 0 Å². The van der Waals surface area contributed by atoms with Crippen molar-refractivity contribution >= 4 is 30.5 Å². The van der Waals surface area contributed by atoms with E-state index in [2.05, 4.69) is 20.0 Å². The Morgan fingerprint density at radius 3 is 2.59 bits per heavy atom. The first-order valence-electron chi connectivity index (χ1n) is 11.0. The Labute approximate surface area is 198 Å². The van der Waals surface area contributed by atoms with Crippen LogP contribution < -0.4 is 15.3 Å². The molecule has 0 radical (unpaired) electrons. The van der Waals surface area contributed by atoms with Crippen LogP contribution in [0.1, 0.15) is 34.1 Å². The molecule has 34 heavy (non-hydrogen) atoms. The fourth-order valence-corrected chi connectivity index (χ4v) is 5.13. The van der Waals surface area contributed by atoms with Crippen molar-refractivity contribution in [3.8, 4) is 5.75 Å². The van der Waals surface area contributed by atoms with Crippen LogP contribution in [0.25, 0.3) is 11.2 Å². The highest BCUT2D eigenvalue weighted by Gasteiger charge is 2.30. The zero-order valence-electron chi connectivity index (χ0n) is 19.7.